The lowest BCUT2D eigenvalue weighted by atomic mass is 9.98. The van der Waals surface area contributed by atoms with Crippen LogP contribution >= 0.6 is 0 Å². The van der Waals surface area contributed by atoms with Crippen molar-refractivity contribution in [1.82, 2.24) is 10.2 Å². The highest BCUT2D eigenvalue weighted by Gasteiger charge is 2.22. The van der Waals surface area contributed by atoms with Gasteiger partial charge < -0.3 is 10.2 Å². The van der Waals surface area contributed by atoms with Gasteiger partial charge in [-0.3, -0.25) is 4.79 Å². The van der Waals surface area contributed by atoms with Gasteiger partial charge in [0.2, 0.25) is 5.91 Å². The van der Waals surface area contributed by atoms with Gasteiger partial charge in [0, 0.05) is 13.1 Å². The average molecular weight is 240 g/mol. The topological polar surface area (TPSA) is 32.3 Å². The maximum absolute atomic E-state index is 12.1. The standard InChI is InChI=1S/C14H28N2O/c1-11(2)12(3)10-15-13(4)14(17)16-8-6-5-7-9-16/h11-13,15H,5-10H2,1-4H3. The molecule has 1 saturated heterocycles. The highest BCUT2D eigenvalue weighted by Crippen LogP contribution is 2.11. The number of piperidine rings is 1. The van der Waals surface area contributed by atoms with Crippen molar-refractivity contribution in [2.24, 2.45) is 11.8 Å². The van der Waals surface area contributed by atoms with E-state index in [4.69, 9.17) is 0 Å². The Morgan fingerprint density at radius 1 is 1.12 bits per heavy atom. The second-order valence-electron chi connectivity index (χ2n) is 5.74. The van der Waals surface area contributed by atoms with Gasteiger partial charge >= 0.3 is 0 Å². The van der Waals surface area contributed by atoms with Crippen molar-refractivity contribution >= 4 is 5.91 Å². The Hall–Kier alpha value is -0.570. The molecule has 0 radical (unpaired) electrons. The number of carbonyl (C=O) groups excluding carboxylic acids is 1. The maximum Gasteiger partial charge on any atom is 0.239 e. The Bertz CT molecular complexity index is 234. The molecular formula is C14H28N2O. The van der Waals surface area contributed by atoms with Crippen LogP contribution in [0.5, 0.6) is 0 Å². The molecular weight excluding hydrogens is 212 g/mol. The van der Waals surface area contributed by atoms with Gasteiger partial charge in [0.15, 0.2) is 0 Å². The molecule has 2 atom stereocenters. The van der Waals surface area contributed by atoms with Gasteiger partial charge in [-0.1, -0.05) is 20.8 Å². The molecule has 0 saturated carbocycles. The van der Waals surface area contributed by atoms with Crippen molar-refractivity contribution in [3.63, 3.8) is 0 Å². The minimum Gasteiger partial charge on any atom is -0.341 e. The number of hydrogen-bond acceptors (Lipinski definition) is 2. The first-order valence-electron chi connectivity index (χ1n) is 7.04. The third kappa shape index (κ3) is 4.66. The number of nitrogens with zero attached hydrogens (tertiary/aromatic N) is 1. The predicted molar refractivity (Wildman–Crippen MR) is 71.9 cm³/mol. The summed E-state index contributed by atoms with van der Waals surface area (Å²) in [6.45, 7) is 11.5. The Morgan fingerprint density at radius 3 is 2.24 bits per heavy atom. The molecule has 1 N–H and O–H groups in total. The molecule has 0 aromatic heterocycles. The minimum absolute atomic E-state index is 0.0331. The van der Waals surface area contributed by atoms with E-state index in [2.05, 4.69) is 26.1 Å². The number of likely N-dealkylation sites (tertiary alicyclic amines) is 1. The summed E-state index contributed by atoms with van der Waals surface area (Å²) in [7, 11) is 0. The Labute approximate surface area is 106 Å². The quantitative estimate of drug-likeness (QED) is 0.799. The molecule has 1 rings (SSSR count). The minimum atomic E-state index is -0.0331. The van der Waals surface area contributed by atoms with Crippen molar-refractivity contribution in [2.75, 3.05) is 19.6 Å². The van der Waals surface area contributed by atoms with Gasteiger partial charge in [-0.15, -0.1) is 0 Å². The van der Waals surface area contributed by atoms with Gasteiger partial charge in [0.25, 0.3) is 0 Å². The largest absolute Gasteiger partial charge is 0.341 e. The molecule has 2 unspecified atom stereocenters. The van der Waals surface area contributed by atoms with Gasteiger partial charge in [0.1, 0.15) is 0 Å². The Kier molecular flexibility index (Phi) is 5.96. The summed E-state index contributed by atoms with van der Waals surface area (Å²) in [6, 6.07) is -0.0331. The smallest absolute Gasteiger partial charge is 0.239 e. The van der Waals surface area contributed by atoms with Crippen LogP contribution in [0.4, 0.5) is 0 Å². The summed E-state index contributed by atoms with van der Waals surface area (Å²) in [5, 5.41) is 3.37. The van der Waals surface area contributed by atoms with Crippen LogP contribution in [-0.4, -0.2) is 36.5 Å². The molecule has 17 heavy (non-hydrogen) atoms. The fourth-order valence-electron chi connectivity index (χ4n) is 2.07. The lowest BCUT2D eigenvalue weighted by molar-refractivity contribution is -0.134. The SMILES string of the molecule is CC(NCC(C)C(C)C)C(=O)N1CCCCC1. The number of amides is 1. The highest BCUT2D eigenvalue weighted by molar-refractivity contribution is 5.81. The molecule has 1 aliphatic rings. The van der Waals surface area contributed by atoms with E-state index < -0.39 is 0 Å². The van der Waals surface area contributed by atoms with Crippen LogP contribution in [0.1, 0.15) is 47.0 Å². The fraction of sp³-hybridized carbons (Fsp3) is 0.929. The molecule has 1 aliphatic heterocycles. The fourth-order valence-corrected chi connectivity index (χ4v) is 2.07. The summed E-state index contributed by atoms with van der Waals surface area (Å²) < 4.78 is 0. The summed E-state index contributed by atoms with van der Waals surface area (Å²) in [6.07, 6.45) is 3.61. The number of rotatable bonds is 5. The van der Waals surface area contributed by atoms with Crippen LogP contribution in [0.25, 0.3) is 0 Å². The lowest BCUT2D eigenvalue weighted by Gasteiger charge is -2.30. The first kappa shape index (κ1) is 14.5. The number of hydrogen-bond donors (Lipinski definition) is 1. The van der Waals surface area contributed by atoms with E-state index in [9.17, 15) is 4.79 Å². The number of nitrogens with one attached hydrogen (secondary N) is 1. The second kappa shape index (κ2) is 7.00. The van der Waals surface area contributed by atoms with Crippen LogP contribution in [0, 0.1) is 11.8 Å². The van der Waals surface area contributed by atoms with E-state index >= 15 is 0 Å². The molecule has 0 spiro atoms. The van der Waals surface area contributed by atoms with Crippen molar-refractivity contribution in [2.45, 2.75) is 53.0 Å². The number of carbonyl (C=O) groups is 1. The predicted octanol–water partition coefficient (Wildman–Crippen LogP) is 2.27. The maximum atomic E-state index is 12.1. The molecule has 1 fully saturated rings. The second-order valence-corrected chi connectivity index (χ2v) is 5.74. The highest BCUT2D eigenvalue weighted by atomic mass is 16.2. The lowest BCUT2D eigenvalue weighted by Crippen LogP contribution is -2.47. The van der Waals surface area contributed by atoms with Crippen LogP contribution in [0.15, 0.2) is 0 Å². The van der Waals surface area contributed by atoms with Crippen LogP contribution in [0.2, 0.25) is 0 Å². The zero-order chi connectivity index (χ0) is 12.8. The molecule has 0 aliphatic carbocycles. The van der Waals surface area contributed by atoms with Gasteiger partial charge in [-0.2, -0.15) is 0 Å². The van der Waals surface area contributed by atoms with E-state index in [0.29, 0.717) is 11.8 Å². The summed E-state index contributed by atoms with van der Waals surface area (Å²) in [5.74, 6) is 1.56. The first-order chi connectivity index (χ1) is 8.02. The molecule has 1 heterocycles. The van der Waals surface area contributed by atoms with E-state index in [0.717, 1.165) is 19.6 Å². The van der Waals surface area contributed by atoms with E-state index in [1.807, 2.05) is 11.8 Å². The van der Waals surface area contributed by atoms with Gasteiger partial charge in [0.05, 0.1) is 6.04 Å². The van der Waals surface area contributed by atoms with Crippen molar-refractivity contribution < 1.29 is 4.79 Å². The van der Waals surface area contributed by atoms with Crippen molar-refractivity contribution in [3.05, 3.63) is 0 Å². The van der Waals surface area contributed by atoms with Crippen molar-refractivity contribution in [3.8, 4) is 0 Å². The third-order valence-electron chi connectivity index (χ3n) is 3.92. The molecule has 0 aromatic rings. The van der Waals surface area contributed by atoms with Crippen LogP contribution in [-0.2, 0) is 4.79 Å². The zero-order valence-corrected chi connectivity index (χ0v) is 11.8. The molecule has 0 aromatic carbocycles. The summed E-state index contributed by atoms with van der Waals surface area (Å²) in [4.78, 5) is 14.2. The molecule has 1 amide bonds. The van der Waals surface area contributed by atoms with E-state index in [-0.39, 0.29) is 11.9 Å². The zero-order valence-electron chi connectivity index (χ0n) is 11.8. The normalized spacial score (nSPS) is 20.4. The van der Waals surface area contributed by atoms with Crippen molar-refractivity contribution in [1.29, 1.82) is 0 Å². The molecule has 100 valence electrons. The van der Waals surface area contributed by atoms with Crippen LogP contribution < -0.4 is 5.32 Å². The van der Waals surface area contributed by atoms with Gasteiger partial charge in [-0.05, 0) is 44.6 Å². The van der Waals surface area contributed by atoms with Crippen LogP contribution in [0.3, 0.4) is 0 Å². The first-order valence-corrected chi connectivity index (χ1v) is 7.04. The average Bonchev–Trinajstić information content (AvgIpc) is 2.35. The Balaban J connectivity index is 2.30. The molecule has 3 nitrogen and oxygen atoms in total. The summed E-state index contributed by atoms with van der Waals surface area (Å²) >= 11 is 0. The van der Waals surface area contributed by atoms with E-state index in [1.54, 1.807) is 0 Å². The van der Waals surface area contributed by atoms with Gasteiger partial charge in [-0.25, -0.2) is 0 Å². The third-order valence-corrected chi connectivity index (χ3v) is 3.92. The van der Waals surface area contributed by atoms with E-state index in [1.165, 1.54) is 19.3 Å². The Morgan fingerprint density at radius 2 is 1.71 bits per heavy atom. The molecule has 0 bridgehead atoms. The summed E-state index contributed by atoms with van der Waals surface area (Å²) in [5.41, 5.74) is 0. The molecule has 3 heteroatoms. The monoisotopic (exact) mass is 240 g/mol.